The first-order valence-corrected chi connectivity index (χ1v) is 6.68. The van der Waals surface area contributed by atoms with E-state index in [1.165, 1.54) is 25.7 Å². The molecule has 0 radical (unpaired) electrons. The van der Waals surface area contributed by atoms with Crippen molar-refractivity contribution in [3.05, 3.63) is 24.2 Å². The predicted octanol–water partition coefficient (Wildman–Crippen LogP) is 2.94. The van der Waals surface area contributed by atoms with Crippen LogP contribution in [0.25, 0.3) is 11.2 Å². The van der Waals surface area contributed by atoms with Crippen molar-refractivity contribution in [1.82, 2.24) is 15.0 Å². The number of hydrogen-bond donors (Lipinski definition) is 1. The Morgan fingerprint density at radius 2 is 2.29 bits per heavy atom. The molecule has 0 aliphatic heterocycles. The monoisotopic (exact) mass is 227 g/mol. The van der Waals surface area contributed by atoms with Gasteiger partial charge in [0, 0.05) is 12.6 Å². The summed E-state index contributed by atoms with van der Waals surface area (Å²) in [6, 6.07) is 4.02. The van der Waals surface area contributed by atoms with E-state index in [-0.39, 0.29) is 0 Å². The van der Waals surface area contributed by atoms with Crippen molar-refractivity contribution in [2.75, 3.05) is 0 Å². The maximum Gasteiger partial charge on any atom is 0.177 e. The van der Waals surface area contributed by atoms with Gasteiger partial charge in [-0.2, -0.15) is 0 Å². The Balaban J connectivity index is 1.59. The van der Waals surface area contributed by atoms with Crippen molar-refractivity contribution in [3.8, 4) is 0 Å². The smallest absolute Gasteiger partial charge is 0.177 e. The maximum absolute atomic E-state index is 4.59. The zero-order valence-electron chi connectivity index (χ0n) is 9.89. The lowest BCUT2D eigenvalue weighted by Gasteiger charge is -2.20. The molecule has 0 saturated heterocycles. The van der Waals surface area contributed by atoms with Gasteiger partial charge in [-0.3, -0.25) is 0 Å². The molecule has 3 heteroatoms. The number of nitrogens with one attached hydrogen (secondary N) is 1. The number of hydrogen-bond acceptors (Lipinski definition) is 2. The van der Waals surface area contributed by atoms with Crippen LogP contribution < -0.4 is 0 Å². The normalized spacial score (nSPS) is 31.4. The van der Waals surface area contributed by atoms with Gasteiger partial charge in [0.1, 0.15) is 5.82 Å². The van der Waals surface area contributed by atoms with E-state index >= 15 is 0 Å². The first kappa shape index (κ1) is 9.63. The molecule has 2 saturated carbocycles. The van der Waals surface area contributed by atoms with Gasteiger partial charge in [-0.25, -0.2) is 9.97 Å². The fourth-order valence-corrected chi connectivity index (χ4v) is 3.87. The molecule has 2 heterocycles. The van der Waals surface area contributed by atoms with Crippen LogP contribution in [0.1, 0.15) is 31.5 Å². The molecule has 17 heavy (non-hydrogen) atoms. The first-order valence-electron chi connectivity index (χ1n) is 6.68. The van der Waals surface area contributed by atoms with Crippen molar-refractivity contribution in [1.29, 1.82) is 0 Å². The molecule has 2 aliphatic carbocycles. The minimum atomic E-state index is 0.866. The quantitative estimate of drug-likeness (QED) is 0.857. The lowest BCUT2D eigenvalue weighted by Crippen LogP contribution is -2.13. The van der Waals surface area contributed by atoms with Crippen molar-refractivity contribution < 1.29 is 0 Å². The minimum absolute atomic E-state index is 0.866. The van der Waals surface area contributed by atoms with Gasteiger partial charge >= 0.3 is 0 Å². The van der Waals surface area contributed by atoms with Gasteiger partial charge in [-0.15, -0.1) is 0 Å². The standard InChI is InChI=1S/C14H17N3/c1-2-12-14(15-5-1)17-13(16-12)8-11-7-9-3-4-10(11)6-9/h1-2,5,9-11H,3-4,6-8H2,(H,15,16,17). The molecule has 2 aromatic heterocycles. The van der Waals surface area contributed by atoms with Gasteiger partial charge in [0.25, 0.3) is 0 Å². The molecule has 2 fully saturated rings. The van der Waals surface area contributed by atoms with Gasteiger partial charge in [-0.05, 0) is 49.1 Å². The summed E-state index contributed by atoms with van der Waals surface area (Å²) in [5, 5.41) is 0. The molecular weight excluding hydrogens is 210 g/mol. The molecule has 3 atom stereocenters. The molecule has 1 N–H and O–H groups in total. The Bertz CT molecular complexity index is 512. The van der Waals surface area contributed by atoms with Gasteiger partial charge < -0.3 is 4.98 Å². The molecule has 3 unspecified atom stereocenters. The summed E-state index contributed by atoms with van der Waals surface area (Å²) < 4.78 is 0. The van der Waals surface area contributed by atoms with E-state index in [1.807, 2.05) is 12.3 Å². The maximum atomic E-state index is 4.59. The Hall–Kier alpha value is -1.38. The van der Waals surface area contributed by atoms with Crippen LogP contribution in [0.2, 0.25) is 0 Å². The lowest BCUT2D eigenvalue weighted by molar-refractivity contribution is 0.327. The van der Waals surface area contributed by atoms with Crippen LogP contribution in [0, 0.1) is 17.8 Å². The fourth-order valence-electron chi connectivity index (χ4n) is 3.87. The van der Waals surface area contributed by atoms with Crippen molar-refractivity contribution in [2.24, 2.45) is 17.8 Å². The number of rotatable bonds is 2. The minimum Gasteiger partial charge on any atom is -0.341 e. The van der Waals surface area contributed by atoms with E-state index in [0.717, 1.165) is 41.2 Å². The van der Waals surface area contributed by atoms with Crippen LogP contribution in [0.15, 0.2) is 18.3 Å². The number of nitrogens with zero attached hydrogens (tertiary/aromatic N) is 2. The average Bonchev–Trinajstić information content (AvgIpc) is 3.01. The van der Waals surface area contributed by atoms with E-state index in [4.69, 9.17) is 0 Å². The second-order valence-corrected chi connectivity index (χ2v) is 5.70. The molecule has 4 rings (SSSR count). The molecule has 0 amide bonds. The second kappa shape index (κ2) is 3.56. The van der Waals surface area contributed by atoms with Crippen LogP contribution >= 0.6 is 0 Å². The van der Waals surface area contributed by atoms with Gasteiger partial charge in [0.15, 0.2) is 5.65 Å². The largest absolute Gasteiger partial charge is 0.341 e. The molecule has 2 aliphatic rings. The summed E-state index contributed by atoms with van der Waals surface area (Å²) in [7, 11) is 0. The fraction of sp³-hybridized carbons (Fsp3) is 0.571. The van der Waals surface area contributed by atoms with Gasteiger partial charge in [0.2, 0.25) is 0 Å². The van der Waals surface area contributed by atoms with Crippen LogP contribution in [-0.2, 0) is 6.42 Å². The Kier molecular flexibility index (Phi) is 2.01. The van der Waals surface area contributed by atoms with Gasteiger partial charge in [0.05, 0.1) is 5.52 Å². The van der Waals surface area contributed by atoms with E-state index < -0.39 is 0 Å². The second-order valence-electron chi connectivity index (χ2n) is 5.70. The van der Waals surface area contributed by atoms with Crippen LogP contribution in [0.3, 0.4) is 0 Å². The zero-order chi connectivity index (χ0) is 11.2. The molecule has 0 aromatic carbocycles. The molecular formula is C14H17N3. The van der Waals surface area contributed by atoms with E-state index in [2.05, 4.69) is 21.0 Å². The van der Waals surface area contributed by atoms with Gasteiger partial charge in [-0.1, -0.05) is 6.42 Å². The zero-order valence-corrected chi connectivity index (χ0v) is 9.89. The highest BCUT2D eigenvalue weighted by Gasteiger charge is 2.39. The Morgan fingerprint density at radius 1 is 1.29 bits per heavy atom. The van der Waals surface area contributed by atoms with Crippen molar-refractivity contribution >= 4 is 11.2 Å². The molecule has 3 nitrogen and oxygen atoms in total. The number of fused-ring (bicyclic) bond motifs is 3. The van der Waals surface area contributed by atoms with Crippen molar-refractivity contribution in [2.45, 2.75) is 32.1 Å². The number of aromatic nitrogens is 3. The molecule has 88 valence electrons. The Morgan fingerprint density at radius 3 is 3.06 bits per heavy atom. The van der Waals surface area contributed by atoms with E-state index in [0.29, 0.717) is 0 Å². The molecule has 2 bridgehead atoms. The average molecular weight is 227 g/mol. The summed E-state index contributed by atoms with van der Waals surface area (Å²) in [5.41, 5.74) is 1.94. The number of imidazole rings is 1. The SMILES string of the molecule is c1cnc2nc(CC3CC4CCC3C4)[nH]c2c1. The predicted molar refractivity (Wildman–Crippen MR) is 66.5 cm³/mol. The third-order valence-corrected chi connectivity index (χ3v) is 4.65. The Labute approximate surface area is 101 Å². The van der Waals surface area contributed by atoms with Crippen LogP contribution in [-0.4, -0.2) is 15.0 Å². The third kappa shape index (κ3) is 1.56. The third-order valence-electron chi connectivity index (χ3n) is 4.65. The molecule has 2 aromatic rings. The number of H-pyrrole nitrogens is 1. The summed E-state index contributed by atoms with van der Waals surface area (Å²) >= 11 is 0. The summed E-state index contributed by atoms with van der Waals surface area (Å²) in [4.78, 5) is 12.3. The summed E-state index contributed by atoms with van der Waals surface area (Å²) in [6.45, 7) is 0. The molecule has 0 spiro atoms. The highest BCUT2D eigenvalue weighted by Crippen LogP contribution is 2.49. The van der Waals surface area contributed by atoms with E-state index in [1.54, 1.807) is 0 Å². The summed E-state index contributed by atoms with van der Waals surface area (Å²) in [6.07, 6.45) is 8.76. The highest BCUT2D eigenvalue weighted by atomic mass is 15.0. The lowest BCUT2D eigenvalue weighted by atomic mass is 9.86. The first-order chi connectivity index (χ1) is 8.38. The highest BCUT2D eigenvalue weighted by molar-refractivity contribution is 5.69. The van der Waals surface area contributed by atoms with E-state index in [9.17, 15) is 0 Å². The van der Waals surface area contributed by atoms with Crippen LogP contribution in [0.4, 0.5) is 0 Å². The summed E-state index contributed by atoms with van der Waals surface area (Å²) in [5.74, 6) is 4.00. The van der Waals surface area contributed by atoms with Crippen LogP contribution in [0.5, 0.6) is 0 Å². The number of pyridine rings is 1. The van der Waals surface area contributed by atoms with Crippen molar-refractivity contribution in [3.63, 3.8) is 0 Å². The topological polar surface area (TPSA) is 41.6 Å². The number of aromatic amines is 1.